The number of hydrogen-bond acceptors (Lipinski definition) is 3. The predicted octanol–water partition coefficient (Wildman–Crippen LogP) is 7.00. The number of aliphatic carboxylic acids is 1. The zero-order valence-electron chi connectivity index (χ0n) is 23.5. The van der Waals surface area contributed by atoms with Gasteiger partial charge in [0.05, 0.1) is 0 Å². The molecule has 212 valence electrons. The summed E-state index contributed by atoms with van der Waals surface area (Å²) in [6.45, 7) is 4.75. The Hall–Kier alpha value is -2.24. The summed E-state index contributed by atoms with van der Waals surface area (Å²) in [7, 11) is 0. The Labute approximate surface area is 234 Å². The SMILES string of the molecule is O=C(O)[C@@H](C1CCCCC1)N1C[C@H](CN2CCC(CCCCc3ccccc3)CC2)[C@@H](c2cccc(F)c2)C1. The van der Waals surface area contributed by atoms with E-state index in [-0.39, 0.29) is 17.7 Å². The van der Waals surface area contributed by atoms with Gasteiger partial charge in [0.25, 0.3) is 0 Å². The number of hydrogen-bond donors (Lipinski definition) is 1. The van der Waals surface area contributed by atoms with Crippen molar-refractivity contribution >= 4 is 5.97 Å². The summed E-state index contributed by atoms with van der Waals surface area (Å²) in [4.78, 5) is 17.3. The number of nitrogens with zero attached hydrogens (tertiary/aromatic N) is 2. The van der Waals surface area contributed by atoms with Crippen LogP contribution in [0.1, 0.15) is 81.3 Å². The number of rotatable bonds is 11. The van der Waals surface area contributed by atoms with Crippen molar-refractivity contribution in [2.45, 2.75) is 82.6 Å². The summed E-state index contributed by atoms with van der Waals surface area (Å²) < 4.78 is 14.2. The van der Waals surface area contributed by atoms with Gasteiger partial charge in [-0.05, 0) is 92.6 Å². The number of piperidine rings is 1. The van der Waals surface area contributed by atoms with Crippen LogP contribution in [0.3, 0.4) is 0 Å². The minimum Gasteiger partial charge on any atom is -0.480 e. The molecule has 4 nitrogen and oxygen atoms in total. The van der Waals surface area contributed by atoms with E-state index in [4.69, 9.17) is 0 Å². The standard InChI is InChI=1S/C34H47FN2O2/c35-31-17-9-16-29(22-31)32-25-37(33(34(38)39)28-14-5-2-6-15-28)24-30(32)23-36-20-18-27(19-21-36)13-8-7-12-26-10-3-1-4-11-26/h1,3-4,9-11,16-17,22,27-28,30,32-33H,2,5-8,12-15,18-21,23-25H2,(H,38,39)/t30-,32+,33+/m0/s1. The lowest BCUT2D eigenvalue weighted by molar-refractivity contribution is -0.145. The van der Waals surface area contributed by atoms with Crippen LogP contribution >= 0.6 is 0 Å². The average molecular weight is 535 g/mol. The molecule has 0 unspecified atom stereocenters. The Kier molecular flexibility index (Phi) is 10.1. The molecule has 0 amide bonds. The Morgan fingerprint density at radius 3 is 2.41 bits per heavy atom. The van der Waals surface area contributed by atoms with E-state index in [1.807, 2.05) is 12.1 Å². The van der Waals surface area contributed by atoms with Gasteiger partial charge < -0.3 is 10.0 Å². The second-order valence-electron chi connectivity index (χ2n) is 12.5. The Balaban J connectivity index is 1.16. The molecule has 2 aromatic carbocycles. The van der Waals surface area contributed by atoms with Crippen molar-refractivity contribution < 1.29 is 14.3 Å². The fourth-order valence-corrected chi connectivity index (χ4v) is 7.73. The van der Waals surface area contributed by atoms with Crippen molar-refractivity contribution in [1.82, 2.24) is 9.80 Å². The number of halogens is 1. The van der Waals surface area contributed by atoms with Crippen LogP contribution in [0.4, 0.5) is 4.39 Å². The summed E-state index contributed by atoms with van der Waals surface area (Å²) in [5.41, 5.74) is 2.47. The van der Waals surface area contributed by atoms with E-state index in [0.717, 1.165) is 69.9 Å². The first kappa shape index (κ1) is 28.3. The molecular weight excluding hydrogens is 487 g/mol. The summed E-state index contributed by atoms with van der Waals surface area (Å²) >= 11 is 0. The zero-order valence-corrected chi connectivity index (χ0v) is 23.5. The molecular formula is C34H47FN2O2. The monoisotopic (exact) mass is 534 g/mol. The van der Waals surface area contributed by atoms with Gasteiger partial charge in [-0.2, -0.15) is 0 Å². The van der Waals surface area contributed by atoms with E-state index in [0.29, 0.717) is 5.92 Å². The van der Waals surface area contributed by atoms with E-state index >= 15 is 0 Å². The molecule has 3 aliphatic rings. The second-order valence-corrected chi connectivity index (χ2v) is 12.5. The summed E-state index contributed by atoms with van der Waals surface area (Å²) in [6, 6.07) is 17.4. The highest BCUT2D eigenvalue weighted by atomic mass is 19.1. The number of carboxylic acids is 1. The van der Waals surface area contributed by atoms with Crippen LogP contribution < -0.4 is 0 Å². The molecule has 0 bridgehead atoms. The molecule has 1 aliphatic carbocycles. The summed E-state index contributed by atoms with van der Waals surface area (Å²) in [5, 5.41) is 10.3. The second kappa shape index (κ2) is 13.9. The third-order valence-electron chi connectivity index (χ3n) is 9.86. The quantitative estimate of drug-likeness (QED) is 0.315. The molecule has 0 aromatic heterocycles. The Morgan fingerprint density at radius 2 is 1.69 bits per heavy atom. The molecule has 5 rings (SSSR count). The van der Waals surface area contributed by atoms with Crippen molar-refractivity contribution in [1.29, 1.82) is 0 Å². The zero-order chi connectivity index (χ0) is 27.0. The molecule has 5 heteroatoms. The van der Waals surface area contributed by atoms with Crippen molar-refractivity contribution in [2.75, 3.05) is 32.7 Å². The molecule has 1 N–H and O–H groups in total. The van der Waals surface area contributed by atoms with Gasteiger partial charge in [0.15, 0.2) is 0 Å². The maximum Gasteiger partial charge on any atom is 0.321 e. The molecule has 2 aliphatic heterocycles. The van der Waals surface area contributed by atoms with Gasteiger partial charge in [-0.25, -0.2) is 4.39 Å². The van der Waals surface area contributed by atoms with Gasteiger partial charge in [-0.3, -0.25) is 9.69 Å². The highest BCUT2D eigenvalue weighted by Gasteiger charge is 2.43. The third kappa shape index (κ3) is 7.70. The summed E-state index contributed by atoms with van der Waals surface area (Å²) in [6.07, 6.45) is 13.1. The van der Waals surface area contributed by atoms with Crippen LogP contribution in [0, 0.1) is 23.6 Å². The first-order valence-electron chi connectivity index (χ1n) is 15.6. The smallest absolute Gasteiger partial charge is 0.321 e. The fourth-order valence-electron chi connectivity index (χ4n) is 7.73. The number of likely N-dealkylation sites (tertiary alicyclic amines) is 2. The molecule has 2 saturated heterocycles. The van der Waals surface area contributed by atoms with E-state index in [2.05, 4.69) is 40.1 Å². The first-order chi connectivity index (χ1) is 19.1. The van der Waals surface area contributed by atoms with Crippen LogP contribution in [-0.4, -0.2) is 59.6 Å². The molecule has 0 spiro atoms. The number of carboxylic acid groups (broad SMARTS) is 1. The molecule has 2 heterocycles. The van der Waals surface area contributed by atoms with Gasteiger partial charge in [0, 0.05) is 25.6 Å². The average Bonchev–Trinajstić information content (AvgIpc) is 3.36. The number of benzene rings is 2. The van der Waals surface area contributed by atoms with Crippen LogP contribution in [0.25, 0.3) is 0 Å². The lowest BCUT2D eigenvalue weighted by Gasteiger charge is -2.35. The number of carbonyl (C=O) groups is 1. The van der Waals surface area contributed by atoms with Crippen LogP contribution in [0.2, 0.25) is 0 Å². The highest BCUT2D eigenvalue weighted by molar-refractivity contribution is 5.74. The minimum atomic E-state index is -0.673. The first-order valence-corrected chi connectivity index (χ1v) is 15.6. The Morgan fingerprint density at radius 1 is 0.923 bits per heavy atom. The normalized spacial score (nSPS) is 24.6. The lowest BCUT2D eigenvalue weighted by atomic mass is 9.83. The summed E-state index contributed by atoms with van der Waals surface area (Å²) in [5.74, 6) is 0.703. The van der Waals surface area contributed by atoms with Gasteiger partial charge in [-0.15, -0.1) is 0 Å². The van der Waals surface area contributed by atoms with Gasteiger partial charge in [0.2, 0.25) is 0 Å². The van der Waals surface area contributed by atoms with Crippen LogP contribution in [0.5, 0.6) is 0 Å². The van der Waals surface area contributed by atoms with Gasteiger partial charge in [-0.1, -0.05) is 74.6 Å². The number of aryl methyl sites for hydroxylation is 1. The van der Waals surface area contributed by atoms with Gasteiger partial charge >= 0.3 is 5.97 Å². The maximum atomic E-state index is 14.2. The van der Waals surface area contributed by atoms with Crippen molar-refractivity contribution in [3.63, 3.8) is 0 Å². The van der Waals surface area contributed by atoms with Crippen molar-refractivity contribution in [3.05, 3.63) is 71.5 Å². The van der Waals surface area contributed by atoms with Crippen molar-refractivity contribution in [3.8, 4) is 0 Å². The molecule has 3 fully saturated rings. The van der Waals surface area contributed by atoms with E-state index < -0.39 is 12.0 Å². The third-order valence-corrected chi connectivity index (χ3v) is 9.86. The van der Waals surface area contributed by atoms with E-state index in [1.165, 1.54) is 56.6 Å². The maximum absolute atomic E-state index is 14.2. The molecule has 1 saturated carbocycles. The van der Waals surface area contributed by atoms with Gasteiger partial charge in [0.1, 0.15) is 11.9 Å². The molecule has 2 aromatic rings. The Bertz CT molecular complexity index is 1030. The topological polar surface area (TPSA) is 43.8 Å². The van der Waals surface area contributed by atoms with Crippen molar-refractivity contribution in [2.24, 2.45) is 17.8 Å². The number of unbranched alkanes of at least 4 members (excludes halogenated alkanes) is 1. The molecule has 0 radical (unpaired) electrons. The van der Waals surface area contributed by atoms with E-state index in [9.17, 15) is 14.3 Å². The largest absolute Gasteiger partial charge is 0.480 e. The van der Waals surface area contributed by atoms with Crippen LogP contribution in [0.15, 0.2) is 54.6 Å². The highest BCUT2D eigenvalue weighted by Crippen LogP contribution is 2.39. The predicted molar refractivity (Wildman–Crippen MR) is 155 cm³/mol. The minimum absolute atomic E-state index is 0.182. The molecule has 39 heavy (non-hydrogen) atoms. The molecule has 3 atom stereocenters. The fraction of sp³-hybridized carbons (Fsp3) is 0.618. The lowest BCUT2D eigenvalue weighted by Crippen LogP contribution is -2.46. The van der Waals surface area contributed by atoms with E-state index in [1.54, 1.807) is 6.07 Å². The van der Waals surface area contributed by atoms with Crippen LogP contribution in [-0.2, 0) is 11.2 Å².